The number of rotatable bonds is 0. The van der Waals surface area contributed by atoms with Crippen molar-refractivity contribution < 1.29 is 4.39 Å². The van der Waals surface area contributed by atoms with E-state index >= 15 is 0 Å². The Morgan fingerprint density at radius 2 is 2.17 bits per heavy atom. The standard InChI is InChI=1S/C9H6BrFS/c1-5-6-3-2-4-7(11)8(6)12-9(5)10/h2-4H,1H3. The summed E-state index contributed by atoms with van der Waals surface area (Å²) in [6, 6.07) is 5.17. The van der Waals surface area contributed by atoms with E-state index in [0.717, 1.165) is 19.4 Å². The third-order valence-electron chi connectivity index (χ3n) is 1.86. The fourth-order valence-electron chi connectivity index (χ4n) is 1.18. The second-order valence-corrected chi connectivity index (χ2v) is 4.96. The molecule has 0 atom stereocenters. The van der Waals surface area contributed by atoms with E-state index in [9.17, 15) is 4.39 Å². The van der Waals surface area contributed by atoms with Crippen LogP contribution < -0.4 is 0 Å². The van der Waals surface area contributed by atoms with Crippen LogP contribution in [0.15, 0.2) is 22.0 Å². The van der Waals surface area contributed by atoms with Gasteiger partial charge >= 0.3 is 0 Å². The Kier molecular flexibility index (Phi) is 1.93. The lowest BCUT2D eigenvalue weighted by atomic mass is 10.2. The summed E-state index contributed by atoms with van der Waals surface area (Å²) in [7, 11) is 0. The molecule has 2 rings (SSSR count). The van der Waals surface area contributed by atoms with Crippen LogP contribution in [0, 0.1) is 12.7 Å². The fourth-order valence-corrected chi connectivity index (χ4v) is 2.82. The fraction of sp³-hybridized carbons (Fsp3) is 0.111. The summed E-state index contributed by atoms with van der Waals surface area (Å²) in [6.45, 7) is 1.99. The van der Waals surface area contributed by atoms with Crippen molar-refractivity contribution in [2.45, 2.75) is 6.92 Å². The van der Waals surface area contributed by atoms with E-state index in [0.29, 0.717) is 0 Å². The van der Waals surface area contributed by atoms with Gasteiger partial charge in [-0.15, -0.1) is 11.3 Å². The lowest BCUT2D eigenvalue weighted by Crippen LogP contribution is -1.72. The molecule has 0 aliphatic heterocycles. The molecule has 0 saturated carbocycles. The predicted molar refractivity (Wildman–Crippen MR) is 54.2 cm³/mol. The zero-order valence-electron chi connectivity index (χ0n) is 6.40. The van der Waals surface area contributed by atoms with Crippen LogP contribution in [0.5, 0.6) is 0 Å². The molecule has 0 saturated heterocycles. The molecule has 0 nitrogen and oxygen atoms in total. The quantitative estimate of drug-likeness (QED) is 0.655. The molecule has 0 aliphatic carbocycles. The Morgan fingerprint density at radius 3 is 2.83 bits per heavy atom. The van der Waals surface area contributed by atoms with Gasteiger partial charge in [0, 0.05) is 0 Å². The van der Waals surface area contributed by atoms with Gasteiger partial charge in [0.25, 0.3) is 0 Å². The first-order chi connectivity index (χ1) is 5.70. The van der Waals surface area contributed by atoms with Crippen LogP contribution >= 0.6 is 27.3 Å². The lowest BCUT2D eigenvalue weighted by Gasteiger charge is -1.90. The van der Waals surface area contributed by atoms with Gasteiger partial charge in [0.1, 0.15) is 5.82 Å². The summed E-state index contributed by atoms with van der Waals surface area (Å²) in [6.07, 6.45) is 0. The van der Waals surface area contributed by atoms with E-state index in [4.69, 9.17) is 0 Å². The largest absolute Gasteiger partial charge is 0.205 e. The van der Waals surface area contributed by atoms with Crippen molar-refractivity contribution in [1.82, 2.24) is 0 Å². The van der Waals surface area contributed by atoms with Crippen LogP contribution in [0.4, 0.5) is 4.39 Å². The Labute approximate surface area is 82.2 Å². The summed E-state index contributed by atoms with van der Waals surface area (Å²) in [5.74, 6) is -0.133. The molecule has 1 aromatic carbocycles. The van der Waals surface area contributed by atoms with Gasteiger partial charge in [-0.3, -0.25) is 0 Å². The van der Waals surface area contributed by atoms with Crippen molar-refractivity contribution in [2.75, 3.05) is 0 Å². The molecule has 2 aromatic rings. The molecule has 0 amide bonds. The first-order valence-corrected chi connectivity index (χ1v) is 5.14. The van der Waals surface area contributed by atoms with Gasteiger partial charge in [-0.25, -0.2) is 4.39 Å². The zero-order valence-corrected chi connectivity index (χ0v) is 8.80. The van der Waals surface area contributed by atoms with E-state index < -0.39 is 0 Å². The van der Waals surface area contributed by atoms with Crippen molar-refractivity contribution >= 4 is 37.4 Å². The minimum Gasteiger partial charge on any atom is -0.205 e. The van der Waals surface area contributed by atoms with Crippen LogP contribution in [-0.4, -0.2) is 0 Å². The Balaban J connectivity index is 2.95. The molecule has 1 aromatic heterocycles. The second-order valence-electron chi connectivity index (χ2n) is 2.62. The van der Waals surface area contributed by atoms with Crippen molar-refractivity contribution in [3.05, 3.63) is 33.4 Å². The second kappa shape index (κ2) is 2.82. The van der Waals surface area contributed by atoms with E-state index in [1.165, 1.54) is 17.4 Å². The van der Waals surface area contributed by atoms with Gasteiger partial charge in [0.2, 0.25) is 0 Å². The van der Waals surface area contributed by atoms with E-state index in [-0.39, 0.29) is 5.82 Å². The summed E-state index contributed by atoms with van der Waals surface area (Å²) >= 11 is 4.84. The van der Waals surface area contributed by atoms with Gasteiger partial charge in [-0.1, -0.05) is 12.1 Å². The van der Waals surface area contributed by atoms with Crippen LogP contribution in [-0.2, 0) is 0 Å². The SMILES string of the molecule is Cc1c(Br)sc2c(F)cccc12. The Hall–Kier alpha value is -0.410. The number of thiophene rings is 1. The third kappa shape index (κ3) is 1.08. The van der Waals surface area contributed by atoms with E-state index in [1.807, 2.05) is 13.0 Å². The third-order valence-corrected chi connectivity index (χ3v) is 4.04. The maximum absolute atomic E-state index is 13.2. The molecule has 12 heavy (non-hydrogen) atoms. The van der Waals surface area contributed by atoms with Gasteiger partial charge in [0.05, 0.1) is 8.49 Å². The number of benzene rings is 1. The molecular formula is C9H6BrFS. The van der Waals surface area contributed by atoms with E-state index in [2.05, 4.69) is 15.9 Å². The normalized spacial score (nSPS) is 10.9. The topological polar surface area (TPSA) is 0 Å². The molecule has 0 N–H and O–H groups in total. The molecule has 0 bridgehead atoms. The molecule has 1 heterocycles. The summed E-state index contributed by atoms with van der Waals surface area (Å²) in [5, 5.41) is 1.01. The van der Waals surface area contributed by atoms with Crippen LogP contribution in [0.2, 0.25) is 0 Å². The lowest BCUT2D eigenvalue weighted by molar-refractivity contribution is 0.641. The molecule has 0 aliphatic rings. The average Bonchev–Trinajstić information content (AvgIpc) is 2.32. The van der Waals surface area contributed by atoms with Crippen molar-refractivity contribution in [3.8, 4) is 0 Å². The van der Waals surface area contributed by atoms with Gasteiger partial charge in [-0.05, 0) is 39.9 Å². The number of hydrogen-bond donors (Lipinski definition) is 0. The summed E-state index contributed by atoms with van der Waals surface area (Å²) in [5.41, 5.74) is 1.12. The maximum Gasteiger partial charge on any atom is 0.141 e. The Morgan fingerprint density at radius 1 is 1.42 bits per heavy atom. The molecule has 0 unspecified atom stereocenters. The van der Waals surface area contributed by atoms with Gasteiger partial charge in [0.15, 0.2) is 0 Å². The molecule has 3 heteroatoms. The van der Waals surface area contributed by atoms with Crippen molar-refractivity contribution in [3.63, 3.8) is 0 Å². The van der Waals surface area contributed by atoms with E-state index in [1.54, 1.807) is 6.07 Å². The first kappa shape index (κ1) is 8.20. The van der Waals surface area contributed by atoms with Crippen LogP contribution in [0.1, 0.15) is 5.56 Å². The zero-order chi connectivity index (χ0) is 8.72. The van der Waals surface area contributed by atoms with Gasteiger partial charge in [-0.2, -0.15) is 0 Å². The maximum atomic E-state index is 13.2. The van der Waals surface area contributed by atoms with Crippen LogP contribution in [0.25, 0.3) is 10.1 Å². The van der Waals surface area contributed by atoms with Crippen LogP contribution in [0.3, 0.4) is 0 Å². The minimum atomic E-state index is -0.133. The average molecular weight is 245 g/mol. The Bertz CT molecular complexity index is 433. The first-order valence-electron chi connectivity index (χ1n) is 3.53. The highest BCUT2D eigenvalue weighted by Gasteiger charge is 2.08. The molecule has 0 radical (unpaired) electrons. The minimum absolute atomic E-state index is 0.133. The van der Waals surface area contributed by atoms with Gasteiger partial charge < -0.3 is 0 Å². The highest BCUT2D eigenvalue weighted by Crippen LogP contribution is 2.35. The molecule has 0 spiro atoms. The van der Waals surface area contributed by atoms with Crippen molar-refractivity contribution in [2.24, 2.45) is 0 Å². The molecular weight excluding hydrogens is 239 g/mol. The molecule has 62 valence electrons. The number of aryl methyl sites for hydroxylation is 1. The number of hydrogen-bond acceptors (Lipinski definition) is 1. The smallest absolute Gasteiger partial charge is 0.141 e. The summed E-state index contributed by atoms with van der Waals surface area (Å²) < 4.78 is 14.9. The number of fused-ring (bicyclic) bond motifs is 1. The molecule has 0 fully saturated rings. The van der Waals surface area contributed by atoms with Crippen molar-refractivity contribution in [1.29, 1.82) is 0 Å². The summed E-state index contributed by atoms with van der Waals surface area (Å²) in [4.78, 5) is 0. The predicted octanol–water partition coefficient (Wildman–Crippen LogP) is 4.11. The monoisotopic (exact) mass is 244 g/mol. The highest BCUT2D eigenvalue weighted by atomic mass is 79.9. The number of halogens is 2. The highest BCUT2D eigenvalue weighted by molar-refractivity contribution is 9.11.